The van der Waals surface area contributed by atoms with Crippen LogP contribution in [0.5, 0.6) is 5.75 Å². The second-order valence-electron chi connectivity index (χ2n) is 6.20. The minimum Gasteiger partial charge on any atom is -0.492 e. The monoisotopic (exact) mass is 435 g/mol. The van der Waals surface area contributed by atoms with E-state index in [1.807, 2.05) is 18.2 Å². The van der Waals surface area contributed by atoms with Gasteiger partial charge in [-0.15, -0.1) is 0 Å². The van der Waals surface area contributed by atoms with Crippen molar-refractivity contribution in [2.45, 2.75) is 51.9 Å². The molecule has 146 valence electrons. The highest BCUT2D eigenvalue weighted by Gasteiger charge is 2.02. The van der Waals surface area contributed by atoms with Crippen molar-refractivity contribution in [1.29, 1.82) is 0 Å². The summed E-state index contributed by atoms with van der Waals surface area (Å²) in [6.45, 7) is 2.96. The Morgan fingerprint density at radius 1 is 1.22 bits per heavy atom. The highest BCUT2D eigenvalue weighted by molar-refractivity contribution is 9.10. The largest absolute Gasteiger partial charge is 0.492 e. The predicted octanol–water partition coefficient (Wildman–Crippen LogP) is 4.50. The quantitative estimate of drug-likeness (QED) is 0.290. The van der Waals surface area contributed by atoms with Gasteiger partial charge in [0, 0.05) is 0 Å². The summed E-state index contributed by atoms with van der Waals surface area (Å²) < 4.78 is 6.72. The number of H-pyrrole nitrogens is 1. The normalized spacial score (nSPS) is 11.0. The van der Waals surface area contributed by atoms with E-state index in [4.69, 9.17) is 4.74 Å². The Morgan fingerprint density at radius 3 is 2.74 bits per heavy atom. The molecule has 0 unspecified atom stereocenters. The number of halogens is 1. The van der Waals surface area contributed by atoms with Gasteiger partial charge in [0.2, 0.25) is 0 Å². The first-order chi connectivity index (χ1) is 13.2. The number of hydrazone groups is 1. The van der Waals surface area contributed by atoms with E-state index in [9.17, 15) is 4.79 Å². The van der Waals surface area contributed by atoms with E-state index >= 15 is 0 Å². The third-order valence-corrected chi connectivity index (χ3v) is 4.54. The molecule has 0 aliphatic rings. The van der Waals surface area contributed by atoms with Crippen LogP contribution in [0, 0.1) is 0 Å². The zero-order chi connectivity index (χ0) is 19.3. The first-order valence-corrected chi connectivity index (χ1v) is 10.1. The number of benzene rings is 1. The van der Waals surface area contributed by atoms with Gasteiger partial charge in [-0.1, -0.05) is 45.4 Å². The number of aromatic amines is 1. The summed E-state index contributed by atoms with van der Waals surface area (Å²) >= 11 is 3.53. The fourth-order valence-electron chi connectivity index (χ4n) is 2.49. The van der Waals surface area contributed by atoms with Gasteiger partial charge in [-0.05, 0) is 46.1 Å². The van der Waals surface area contributed by atoms with Crippen molar-refractivity contribution >= 4 is 28.0 Å². The van der Waals surface area contributed by atoms with E-state index in [2.05, 4.69) is 48.6 Å². The summed E-state index contributed by atoms with van der Waals surface area (Å²) in [5.74, 6) is 1.11. The average molecular weight is 436 g/mol. The summed E-state index contributed by atoms with van der Waals surface area (Å²) in [6, 6.07) is 5.76. The second kappa shape index (κ2) is 12.2. The number of hydrogen-bond donors (Lipinski definition) is 2. The summed E-state index contributed by atoms with van der Waals surface area (Å²) in [5, 5.41) is 9.88. The van der Waals surface area contributed by atoms with E-state index in [1.54, 1.807) is 6.21 Å². The van der Waals surface area contributed by atoms with Crippen LogP contribution in [-0.4, -0.2) is 28.0 Å². The smallest absolute Gasteiger partial charge is 0.363 e. The number of hydrogen-bond acceptors (Lipinski definition) is 6. The number of aromatic nitrogens is 3. The van der Waals surface area contributed by atoms with Crippen LogP contribution in [0.1, 0.15) is 57.4 Å². The van der Waals surface area contributed by atoms with Crippen molar-refractivity contribution < 1.29 is 4.74 Å². The van der Waals surface area contributed by atoms with Crippen molar-refractivity contribution in [2.75, 3.05) is 12.0 Å². The molecule has 2 rings (SSSR count). The maximum atomic E-state index is 11.1. The maximum Gasteiger partial charge on any atom is 0.363 e. The standard InChI is InChI=1S/C19H26BrN5O2/c1-2-3-4-5-6-7-8-11-27-17-10-9-15(12-16(17)20)13-21-24-18-14-22-25-19(26)23-18/h9-10,12-14H,2-8,11H2,1H3,(H2,23,24,25,26)/b21-13+. The van der Waals surface area contributed by atoms with Crippen molar-refractivity contribution in [2.24, 2.45) is 5.10 Å². The highest BCUT2D eigenvalue weighted by atomic mass is 79.9. The van der Waals surface area contributed by atoms with Crippen LogP contribution in [0.3, 0.4) is 0 Å². The fourth-order valence-corrected chi connectivity index (χ4v) is 3.01. The lowest BCUT2D eigenvalue weighted by Crippen LogP contribution is -2.13. The Kier molecular flexibility index (Phi) is 9.54. The van der Waals surface area contributed by atoms with Gasteiger partial charge in [-0.25, -0.2) is 9.89 Å². The number of nitrogens with one attached hydrogen (secondary N) is 2. The first-order valence-electron chi connectivity index (χ1n) is 9.32. The average Bonchev–Trinajstić information content (AvgIpc) is 2.65. The summed E-state index contributed by atoms with van der Waals surface area (Å²) in [5.41, 5.74) is 3.02. The minimum absolute atomic E-state index is 0.281. The molecule has 1 aromatic heterocycles. The topological polar surface area (TPSA) is 92.3 Å². The molecule has 0 bridgehead atoms. The Bertz CT molecular complexity index is 779. The van der Waals surface area contributed by atoms with E-state index < -0.39 is 5.69 Å². The molecule has 27 heavy (non-hydrogen) atoms. The van der Waals surface area contributed by atoms with Crippen LogP contribution in [0.25, 0.3) is 0 Å². The number of unbranched alkanes of at least 4 members (excludes halogenated alkanes) is 6. The molecule has 7 nitrogen and oxygen atoms in total. The van der Waals surface area contributed by atoms with E-state index in [0.717, 1.165) is 28.8 Å². The zero-order valence-corrected chi connectivity index (χ0v) is 17.2. The maximum absolute atomic E-state index is 11.1. The molecule has 2 aromatic rings. The van der Waals surface area contributed by atoms with Gasteiger partial charge in [-0.2, -0.15) is 15.2 Å². The molecule has 2 N–H and O–H groups in total. The number of anilines is 1. The Balaban J connectivity index is 1.73. The van der Waals surface area contributed by atoms with Crippen LogP contribution >= 0.6 is 15.9 Å². The molecule has 0 fully saturated rings. The molecule has 8 heteroatoms. The van der Waals surface area contributed by atoms with Gasteiger partial charge in [0.1, 0.15) is 5.75 Å². The van der Waals surface area contributed by atoms with Gasteiger partial charge in [0.25, 0.3) is 0 Å². The van der Waals surface area contributed by atoms with E-state index in [1.165, 1.54) is 44.7 Å². The number of rotatable bonds is 12. The van der Waals surface area contributed by atoms with Gasteiger partial charge in [0.05, 0.1) is 23.5 Å². The highest BCUT2D eigenvalue weighted by Crippen LogP contribution is 2.25. The van der Waals surface area contributed by atoms with E-state index in [-0.39, 0.29) is 5.82 Å². The fraction of sp³-hybridized carbons (Fsp3) is 0.474. The Morgan fingerprint density at radius 2 is 2.00 bits per heavy atom. The molecule has 0 atom stereocenters. The van der Waals surface area contributed by atoms with Crippen LogP contribution in [0.4, 0.5) is 5.82 Å². The molecule has 1 heterocycles. The zero-order valence-electron chi connectivity index (χ0n) is 15.6. The van der Waals surface area contributed by atoms with Crippen LogP contribution in [0.15, 0.2) is 38.8 Å². The van der Waals surface area contributed by atoms with Crippen molar-refractivity contribution in [3.8, 4) is 5.75 Å². The second-order valence-corrected chi connectivity index (χ2v) is 7.06. The minimum atomic E-state index is -0.527. The molecular weight excluding hydrogens is 410 g/mol. The molecule has 1 aromatic carbocycles. The first kappa shape index (κ1) is 21.1. The molecule has 0 saturated heterocycles. The van der Waals surface area contributed by atoms with Crippen molar-refractivity contribution in [3.63, 3.8) is 0 Å². The summed E-state index contributed by atoms with van der Waals surface area (Å²) in [6.07, 6.45) is 11.9. The lowest BCUT2D eigenvalue weighted by molar-refractivity contribution is 0.302. The summed E-state index contributed by atoms with van der Waals surface area (Å²) in [7, 11) is 0. The van der Waals surface area contributed by atoms with Crippen LogP contribution < -0.4 is 15.9 Å². The van der Waals surface area contributed by atoms with Gasteiger partial charge in [0.15, 0.2) is 5.82 Å². The van der Waals surface area contributed by atoms with Crippen molar-refractivity contribution in [3.05, 3.63) is 44.9 Å². The lowest BCUT2D eigenvalue weighted by Gasteiger charge is -2.08. The van der Waals surface area contributed by atoms with Gasteiger partial charge in [-0.3, -0.25) is 5.43 Å². The summed E-state index contributed by atoms with van der Waals surface area (Å²) in [4.78, 5) is 14.7. The molecule has 0 radical (unpaired) electrons. The Labute approximate surface area is 167 Å². The molecule has 0 spiro atoms. The molecule has 0 aliphatic heterocycles. The van der Waals surface area contributed by atoms with Crippen LogP contribution in [-0.2, 0) is 0 Å². The molecule has 0 aliphatic carbocycles. The number of ether oxygens (including phenoxy) is 1. The van der Waals surface area contributed by atoms with E-state index in [0.29, 0.717) is 0 Å². The third kappa shape index (κ3) is 8.34. The predicted molar refractivity (Wildman–Crippen MR) is 111 cm³/mol. The molecule has 0 saturated carbocycles. The van der Waals surface area contributed by atoms with Crippen LogP contribution in [0.2, 0.25) is 0 Å². The Hall–Kier alpha value is -2.22. The number of nitrogens with zero attached hydrogens (tertiary/aromatic N) is 3. The third-order valence-electron chi connectivity index (χ3n) is 3.92. The van der Waals surface area contributed by atoms with Gasteiger partial charge >= 0.3 is 5.69 Å². The SMILES string of the molecule is CCCCCCCCCOc1ccc(/C=N/Nc2cn[nH]c(=O)n2)cc1Br. The van der Waals surface area contributed by atoms with Crippen molar-refractivity contribution in [1.82, 2.24) is 15.2 Å². The molecule has 0 amide bonds. The van der Waals surface area contributed by atoms with Gasteiger partial charge < -0.3 is 4.74 Å². The molecular formula is C19H26BrN5O2. The lowest BCUT2D eigenvalue weighted by atomic mass is 10.1.